The largest absolute Gasteiger partial charge is 0.361 e. The molecule has 1 saturated heterocycles. The highest BCUT2D eigenvalue weighted by Crippen LogP contribution is 2.29. The van der Waals surface area contributed by atoms with Crippen LogP contribution in [-0.2, 0) is 11.3 Å². The van der Waals surface area contributed by atoms with Gasteiger partial charge >= 0.3 is 0 Å². The lowest BCUT2D eigenvalue weighted by molar-refractivity contribution is -0.133. The fourth-order valence-corrected chi connectivity index (χ4v) is 3.86. The third-order valence-electron chi connectivity index (χ3n) is 5.04. The second-order valence-corrected chi connectivity index (χ2v) is 6.90. The van der Waals surface area contributed by atoms with Gasteiger partial charge in [-0.2, -0.15) is 5.10 Å². The van der Waals surface area contributed by atoms with Gasteiger partial charge < -0.3 is 9.42 Å². The summed E-state index contributed by atoms with van der Waals surface area (Å²) in [5, 5.41) is 8.53. The van der Waals surface area contributed by atoms with Crippen LogP contribution in [-0.4, -0.2) is 38.3 Å². The molecular formula is C18H26N4O2. The summed E-state index contributed by atoms with van der Waals surface area (Å²) in [4.78, 5) is 15.1. The molecule has 0 N–H and O–H groups in total. The molecule has 6 nitrogen and oxygen atoms in total. The molecule has 1 aliphatic heterocycles. The Hall–Kier alpha value is -2.11. The van der Waals surface area contributed by atoms with Crippen molar-refractivity contribution in [3.05, 3.63) is 34.5 Å². The maximum atomic E-state index is 13.1. The van der Waals surface area contributed by atoms with Crippen molar-refractivity contribution in [1.82, 2.24) is 19.8 Å². The van der Waals surface area contributed by atoms with E-state index in [1.54, 1.807) is 0 Å². The van der Waals surface area contributed by atoms with Crippen molar-refractivity contribution < 1.29 is 9.32 Å². The number of amides is 1. The first-order valence-corrected chi connectivity index (χ1v) is 8.62. The van der Waals surface area contributed by atoms with E-state index in [1.807, 2.05) is 37.3 Å². The minimum Gasteiger partial charge on any atom is -0.361 e. The van der Waals surface area contributed by atoms with Crippen molar-refractivity contribution in [2.45, 2.75) is 66.0 Å². The number of aromatic nitrogens is 3. The molecular weight excluding hydrogens is 304 g/mol. The molecule has 2 atom stereocenters. The minimum absolute atomic E-state index is 0.161. The number of rotatable bonds is 4. The van der Waals surface area contributed by atoms with Gasteiger partial charge in [-0.15, -0.1) is 0 Å². The molecule has 24 heavy (non-hydrogen) atoms. The van der Waals surface area contributed by atoms with E-state index >= 15 is 0 Å². The summed E-state index contributed by atoms with van der Waals surface area (Å²) < 4.78 is 7.26. The summed E-state index contributed by atoms with van der Waals surface area (Å²) >= 11 is 0. The summed E-state index contributed by atoms with van der Waals surface area (Å²) in [6.45, 7) is 11.4. The van der Waals surface area contributed by atoms with Crippen LogP contribution in [0.1, 0.15) is 54.1 Å². The zero-order valence-electron chi connectivity index (χ0n) is 15.2. The predicted molar refractivity (Wildman–Crippen MR) is 90.8 cm³/mol. The fourth-order valence-electron chi connectivity index (χ4n) is 3.86. The first kappa shape index (κ1) is 16.7. The number of aryl methyl sites for hydroxylation is 4. The fraction of sp³-hybridized carbons (Fsp3) is 0.611. The summed E-state index contributed by atoms with van der Waals surface area (Å²) in [6, 6.07) is 2.28. The molecule has 1 amide bonds. The second kappa shape index (κ2) is 6.42. The molecule has 3 heterocycles. The van der Waals surface area contributed by atoms with Crippen LogP contribution in [0.15, 0.2) is 10.6 Å². The Morgan fingerprint density at radius 3 is 2.71 bits per heavy atom. The molecule has 1 aliphatic rings. The lowest BCUT2D eigenvalue weighted by Gasteiger charge is -2.28. The van der Waals surface area contributed by atoms with Crippen LogP contribution in [0.25, 0.3) is 0 Å². The first-order valence-electron chi connectivity index (χ1n) is 8.62. The molecule has 2 aromatic rings. The van der Waals surface area contributed by atoms with Gasteiger partial charge in [0.2, 0.25) is 5.91 Å². The van der Waals surface area contributed by atoms with Crippen LogP contribution in [0.3, 0.4) is 0 Å². The Kier molecular flexibility index (Phi) is 4.47. The van der Waals surface area contributed by atoms with Crippen LogP contribution in [0, 0.1) is 27.7 Å². The Morgan fingerprint density at radius 2 is 2.12 bits per heavy atom. The number of nitrogens with zero attached hydrogens (tertiary/aromatic N) is 4. The molecule has 0 aliphatic carbocycles. The van der Waals surface area contributed by atoms with E-state index in [-0.39, 0.29) is 17.9 Å². The van der Waals surface area contributed by atoms with Gasteiger partial charge in [0.15, 0.2) is 0 Å². The molecule has 0 saturated carbocycles. The summed E-state index contributed by atoms with van der Waals surface area (Å²) in [5.74, 6) is 0.674. The van der Waals surface area contributed by atoms with Gasteiger partial charge in [-0.25, -0.2) is 0 Å². The van der Waals surface area contributed by atoms with Gasteiger partial charge in [0, 0.05) is 17.8 Å². The average Bonchev–Trinajstić information content (AvgIpc) is 3.19. The summed E-state index contributed by atoms with van der Waals surface area (Å²) in [7, 11) is 0. The third kappa shape index (κ3) is 2.97. The highest BCUT2D eigenvalue weighted by atomic mass is 16.5. The molecule has 0 aromatic carbocycles. The Labute approximate surface area is 142 Å². The van der Waals surface area contributed by atoms with E-state index < -0.39 is 0 Å². The first-order chi connectivity index (χ1) is 11.4. The number of likely N-dealkylation sites (tertiary alicyclic amines) is 1. The van der Waals surface area contributed by atoms with E-state index in [4.69, 9.17) is 4.52 Å². The molecule has 3 rings (SSSR count). The molecule has 1 fully saturated rings. The molecule has 130 valence electrons. The van der Waals surface area contributed by atoms with Crippen molar-refractivity contribution in [3.63, 3.8) is 0 Å². The molecule has 0 unspecified atom stereocenters. The Bertz CT molecular complexity index is 727. The van der Waals surface area contributed by atoms with E-state index in [0.717, 1.165) is 54.3 Å². The van der Waals surface area contributed by atoms with Crippen LogP contribution in [0.5, 0.6) is 0 Å². The third-order valence-corrected chi connectivity index (χ3v) is 5.04. The molecule has 0 radical (unpaired) electrons. The van der Waals surface area contributed by atoms with Crippen molar-refractivity contribution in [3.8, 4) is 0 Å². The minimum atomic E-state index is -0.225. The molecule has 0 bridgehead atoms. The maximum Gasteiger partial charge on any atom is 0.230 e. The number of carbonyl (C=O) groups excluding carboxylic acids is 1. The molecule has 6 heteroatoms. The average molecular weight is 330 g/mol. The maximum absolute atomic E-state index is 13.1. The Balaban J connectivity index is 1.77. The van der Waals surface area contributed by atoms with E-state index in [9.17, 15) is 4.79 Å². The SMILES string of the molecule is Cc1cc(C)n(C[C@@H]2CCCN2C(=O)[C@H](C)c2c(C)noc2C)n1. The Morgan fingerprint density at radius 1 is 1.38 bits per heavy atom. The van der Waals surface area contributed by atoms with Crippen LogP contribution >= 0.6 is 0 Å². The van der Waals surface area contributed by atoms with E-state index in [2.05, 4.69) is 23.2 Å². The van der Waals surface area contributed by atoms with Gasteiger partial charge in [0.05, 0.1) is 29.9 Å². The van der Waals surface area contributed by atoms with Crippen molar-refractivity contribution in [2.75, 3.05) is 6.54 Å². The summed E-state index contributed by atoms with van der Waals surface area (Å²) in [5.41, 5.74) is 3.90. The number of hydrogen-bond acceptors (Lipinski definition) is 4. The lowest BCUT2D eigenvalue weighted by atomic mass is 9.97. The van der Waals surface area contributed by atoms with Crippen LogP contribution < -0.4 is 0 Å². The van der Waals surface area contributed by atoms with Crippen molar-refractivity contribution >= 4 is 5.91 Å². The van der Waals surface area contributed by atoms with Crippen molar-refractivity contribution in [1.29, 1.82) is 0 Å². The molecule has 2 aromatic heterocycles. The smallest absolute Gasteiger partial charge is 0.230 e. The van der Waals surface area contributed by atoms with Crippen LogP contribution in [0.4, 0.5) is 0 Å². The summed E-state index contributed by atoms with van der Waals surface area (Å²) in [6.07, 6.45) is 2.07. The topological polar surface area (TPSA) is 64.2 Å². The standard InChI is InChI=1S/C18H26N4O2/c1-11-9-12(2)22(19-11)10-16-7-6-8-21(16)18(23)13(3)17-14(4)20-24-15(17)5/h9,13,16H,6-8,10H2,1-5H3/t13-,16+/m1/s1. The highest BCUT2D eigenvalue weighted by Gasteiger charge is 2.34. The van der Waals surface area contributed by atoms with Gasteiger partial charge in [0.25, 0.3) is 0 Å². The normalized spacial score (nSPS) is 19.0. The van der Waals surface area contributed by atoms with Gasteiger partial charge in [0.1, 0.15) is 5.76 Å². The second-order valence-electron chi connectivity index (χ2n) is 6.90. The zero-order valence-corrected chi connectivity index (χ0v) is 15.2. The zero-order chi connectivity index (χ0) is 17.4. The monoisotopic (exact) mass is 330 g/mol. The lowest BCUT2D eigenvalue weighted by Crippen LogP contribution is -2.40. The number of carbonyl (C=O) groups is 1. The van der Waals surface area contributed by atoms with Crippen molar-refractivity contribution in [2.24, 2.45) is 0 Å². The van der Waals surface area contributed by atoms with Crippen LogP contribution in [0.2, 0.25) is 0 Å². The van der Waals surface area contributed by atoms with Gasteiger partial charge in [-0.1, -0.05) is 5.16 Å². The van der Waals surface area contributed by atoms with E-state index in [0.29, 0.717) is 0 Å². The quantitative estimate of drug-likeness (QED) is 0.864. The predicted octanol–water partition coefficient (Wildman–Crippen LogP) is 2.90. The van der Waals surface area contributed by atoms with Gasteiger partial charge in [-0.05, 0) is 53.5 Å². The highest BCUT2D eigenvalue weighted by molar-refractivity contribution is 5.84. The number of hydrogen-bond donors (Lipinski definition) is 0. The molecule has 0 spiro atoms. The van der Waals surface area contributed by atoms with E-state index in [1.165, 1.54) is 0 Å². The van der Waals surface area contributed by atoms with Gasteiger partial charge in [-0.3, -0.25) is 9.48 Å².